The van der Waals surface area contributed by atoms with Crippen molar-refractivity contribution >= 4 is 39.0 Å². The first kappa shape index (κ1) is 17.9. The summed E-state index contributed by atoms with van der Waals surface area (Å²) in [7, 11) is 1.55. The van der Waals surface area contributed by atoms with Crippen molar-refractivity contribution in [3.8, 4) is 5.75 Å². The largest absolute Gasteiger partial charge is 0.497 e. The quantitative estimate of drug-likeness (QED) is 0.683. The number of thiophene rings is 1. The lowest BCUT2D eigenvalue weighted by atomic mass is 10.1. The first-order chi connectivity index (χ1) is 12.5. The molecule has 0 fully saturated rings. The highest BCUT2D eigenvalue weighted by Crippen LogP contribution is 2.32. The molecule has 0 atom stereocenters. The van der Waals surface area contributed by atoms with Crippen LogP contribution < -0.4 is 10.1 Å². The summed E-state index contributed by atoms with van der Waals surface area (Å²) in [5.74, 6) is -0.823. The number of hydrogen-bond donors (Lipinski definition) is 1. The minimum Gasteiger partial charge on any atom is -0.497 e. The van der Waals surface area contributed by atoms with E-state index in [4.69, 9.17) is 9.47 Å². The number of anilines is 1. The van der Waals surface area contributed by atoms with E-state index in [9.17, 15) is 14.0 Å². The zero-order valence-electron chi connectivity index (χ0n) is 14.2. The molecule has 1 aromatic heterocycles. The molecule has 0 bridgehead atoms. The van der Waals surface area contributed by atoms with Crippen molar-refractivity contribution in [2.24, 2.45) is 0 Å². The number of hydrogen-bond acceptors (Lipinski definition) is 5. The van der Waals surface area contributed by atoms with Gasteiger partial charge in [-0.05, 0) is 48.9 Å². The Hall–Kier alpha value is -2.93. The molecule has 0 saturated heterocycles. The van der Waals surface area contributed by atoms with Crippen LogP contribution in [0.2, 0.25) is 0 Å². The first-order valence-corrected chi connectivity index (χ1v) is 8.60. The predicted molar refractivity (Wildman–Crippen MR) is 98.4 cm³/mol. The molecule has 134 valence electrons. The Morgan fingerprint density at radius 1 is 1.15 bits per heavy atom. The summed E-state index contributed by atoms with van der Waals surface area (Å²) in [5.41, 5.74) is 1.08. The van der Waals surface area contributed by atoms with Crippen molar-refractivity contribution in [1.82, 2.24) is 0 Å². The van der Waals surface area contributed by atoms with Gasteiger partial charge in [-0.15, -0.1) is 11.3 Å². The van der Waals surface area contributed by atoms with Gasteiger partial charge in [-0.2, -0.15) is 0 Å². The molecule has 0 unspecified atom stereocenters. The Balaban J connectivity index is 1.64. The van der Waals surface area contributed by atoms with E-state index in [1.54, 1.807) is 50.4 Å². The highest BCUT2D eigenvalue weighted by Gasteiger charge is 2.19. The second-order valence-electron chi connectivity index (χ2n) is 5.52. The molecule has 26 heavy (non-hydrogen) atoms. The van der Waals surface area contributed by atoms with E-state index in [-0.39, 0.29) is 5.82 Å². The maximum Gasteiger partial charge on any atom is 0.349 e. The van der Waals surface area contributed by atoms with E-state index in [0.717, 1.165) is 11.3 Å². The maximum absolute atomic E-state index is 13.9. The van der Waals surface area contributed by atoms with Crippen LogP contribution in [0.15, 0.2) is 42.5 Å². The molecule has 0 aliphatic heterocycles. The number of aryl methyl sites for hydroxylation is 1. The van der Waals surface area contributed by atoms with Crippen LogP contribution in [-0.2, 0) is 9.53 Å². The molecule has 1 heterocycles. The number of esters is 1. The summed E-state index contributed by atoms with van der Waals surface area (Å²) in [6.07, 6.45) is 0. The number of benzene rings is 2. The lowest BCUT2D eigenvalue weighted by molar-refractivity contribution is -0.119. The van der Waals surface area contributed by atoms with E-state index < -0.39 is 18.5 Å². The van der Waals surface area contributed by atoms with E-state index >= 15 is 0 Å². The third-order valence-electron chi connectivity index (χ3n) is 3.80. The summed E-state index contributed by atoms with van der Waals surface area (Å²) in [6, 6.07) is 11.4. The van der Waals surface area contributed by atoms with Gasteiger partial charge < -0.3 is 14.8 Å². The summed E-state index contributed by atoms with van der Waals surface area (Å²) in [4.78, 5) is 24.5. The van der Waals surface area contributed by atoms with Gasteiger partial charge in [-0.1, -0.05) is 6.07 Å². The normalized spacial score (nSPS) is 10.6. The number of carbonyl (C=O) groups is 2. The third kappa shape index (κ3) is 3.67. The number of amides is 1. The van der Waals surface area contributed by atoms with Crippen LogP contribution in [0.1, 0.15) is 15.2 Å². The van der Waals surface area contributed by atoms with E-state index in [1.165, 1.54) is 6.07 Å². The van der Waals surface area contributed by atoms with Gasteiger partial charge in [0.05, 0.1) is 7.11 Å². The second-order valence-corrected chi connectivity index (χ2v) is 6.57. The van der Waals surface area contributed by atoms with E-state index in [0.29, 0.717) is 32.0 Å². The summed E-state index contributed by atoms with van der Waals surface area (Å²) >= 11 is 1.15. The average Bonchev–Trinajstić information content (AvgIpc) is 2.98. The highest BCUT2D eigenvalue weighted by atomic mass is 32.1. The van der Waals surface area contributed by atoms with Crippen LogP contribution in [0, 0.1) is 12.7 Å². The van der Waals surface area contributed by atoms with E-state index in [1.807, 2.05) is 0 Å². The minimum atomic E-state index is -0.645. The van der Waals surface area contributed by atoms with Gasteiger partial charge in [-0.3, -0.25) is 4.79 Å². The van der Waals surface area contributed by atoms with Crippen molar-refractivity contribution in [1.29, 1.82) is 0 Å². The first-order valence-electron chi connectivity index (χ1n) is 7.78. The molecule has 5 nitrogen and oxygen atoms in total. The maximum atomic E-state index is 13.9. The molecule has 0 aliphatic rings. The van der Waals surface area contributed by atoms with Gasteiger partial charge in [0.2, 0.25) is 0 Å². The summed E-state index contributed by atoms with van der Waals surface area (Å²) in [6.45, 7) is 1.23. The molecule has 3 aromatic rings. The van der Waals surface area contributed by atoms with Gasteiger partial charge in [-0.25, -0.2) is 9.18 Å². The SMILES string of the molecule is COc1ccc(NC(=O)COC(=O)c2sc3cccc(F)c3c2C)cc1. The topological polar surface area (TPSA) is 64.6 Å². The monoisotopic (exact) mass is 373 g/mol. The van der Waals surface area contributed by atoms with E-state index in [2.05, 4.69) is 5.32 Å². The van der Waals surface area contributed by atoms with Crippen LogP contribution in [-0.4, -0.2) is 25.6 Å². The standard InChI is InChI=1S/C19H16FNO4S/c1-11-17-14(20)4-3-5-15(17)26-18(11)19(23)25-10-16(22)21-12-6-8-13(24-2)9-7-12/h3-9H,10H2,1-2H3,(H,21,22). The van der Waals surface area contributed by atoms with Crippen molar-refractivity contribution in [2.45, 2.75) is 6.92 Å². The minimum absolute atomic E-state index is 0.294. The molecule has 7 heteroatoms. The van der Waals surface area contributed by atoms with Crippen molar-refractivity contribution in [3.63, 3.8) is 0 Å². The molecular weight excluding hydrogens is 357 g/mol. The van der Waals surface area contributed by atoms with Crippen LogP contribution in [0.5, 0.6) is 5.75 Å². The Kier molecular flexibility index (Phi) is 5.18. The molecule has 1 amide bonds. The van der Waals surface area contributed by atoms with Gasteiger partial charge >= 0.3 is 5.97 Å². The highest BCUT2D eigenvalue weighted by molar-refractivity contribution is 7.21. The smallest absolute Gasteiger partial charge is 0.349 e. The zero-order chi connectivity index (χ0) is 18.7. The summed E-state index contributed by atoms with van der Waals surface area (Å²) in [5, 5.41) is 3.03. The van der Waals surface area contributed by atoms with Crippen molar-refractivity contribution < 1.29 is 23.5 Å². The lowest BCUT2D eigenvalue weighted by Crippen LogP contribution is -2.20. The zero-order valence-corrected chi connectivity index (χ0v) is 15.0. The van der Waals surface area contributed by atoms with Gasteiger partial charge in [0.25, 0.3) is 5.91 Å². The van der Waals surface area contributed by atoms with Crippen molar-refractivity contribution in [3.05, 3.63) is 58.7 Å². The van der Waals surface area contributed by atoms with Gasteiger partial charge in [0.15, 0.2) is 6.61 Å². The molecule has 0 spiro atoms. The molecule has 3 rings (SSSR count). The van der Waals surface area contributed by atoms with Crippen LogP contribution in [0.4, 0.5) is 10.1 Å². The Bertz CT molecular complexity index is 966. The fourth-order valence-corrected chi connectivity index (χ4v) is 3.63. The number of halogens is 1. The molecule has 0 radical (unpaired) electrons. The fourth-order valence-electron chi connectivity index (χ4n) is 2.52. The molecule has 2 aromatic carbocycles. The van der Waals surface area contributed by atoms with Crippen molar-refractivity contribution in [2.75, 3.05) is 19.0 Å². The molecule has 1 N–H and O–H groups in total. The van der Waals surface area contributed by atoms with Gasteiger partial charge in [0, 0.05) is 15.8 Å². The fraction of sp³-hybridized carbons (Fsp3) is 0.158. The lowest BCUT2D eigenvalue weighted by Gasteiger charge is -2.07. The summed E-state index contributed by atoms with van der Waals surface area (Å²) < 4.78 is 24.7. The molecular formula is C19H16FNO4S. The average molecular weight is 373 g/mol. The van der Waals surface area contributed by atoms with Gasteiger partial charge in [0.1, 0.15) is 16.4 Å². The Labute approximate surface area is 153 Å². The predicted octanol–water partition coefficient (Wildman–Crippen LogP) is 4.15. The number of carbonyl (C=O) groups excluding carboxylic acids is 2. The Morgan fingerprint density at radius 3 is 2.54 bits per heavy atom. The third-order valence-corrected chi connectivity index (χ3v) is 5.03. The molecule has 0 aliphatic carbocycles. The van der Waals surface area contributed by atoms with Crippen LogP contribution >= 0.6 is 11.3 Å². The Morgan fingerprint density at radius 2 is 1.88 bits per heavy atom. The number of nitrogens with one attached hydrogen (secondary N) is 1. The van der Waals surface area contributed by atoms with Crippen LogP contribution in [0.3, 0.4) is 0 Å². The number of ether oxygens (including phenoxy) is 2. The number of rotatable bonds is 5. The number of fused-ring (bicyclic) bond motifs is 1. The van der Waals surface area contributed by atoms with Crippen LogP contribution in [0.25, 0.3) is 10.1 Å². The second kappa shape index (κ2) is 7.53. The number of methoxy groups -OCH3 is 1. The molecule has 0 saturated carbocycles.